The fraction of sp³-hybridized carbons (Fsp3) is 0.474. The lowest BCUT2D eigenvalue weighted by Crippen LogP contribution is -2.58. The number of rotatable bonds is 6. The number of sulfone groups is 1. The Hall–Kier alpha value is -3.06. The molecular formula is C19H19ClN2O10S. The number of carboxylic acid groups (broad SMARTS) is 1. The number of fused-ring (bicyclic) bond motifs is 1. The molecule has 0 radical (unpaired) electrons. The average molecular weight is 503 g/mol. The van der Waals surface area contributed by atoms with Crippen LogP contribution >= 0.6 is 11.6 Å². The molecule has 33 heavy (non-hydrogen) atoms. The average Bonchev–Trinajstić information content (AvgIpc) is 3.26. The molecular weight excluding hydrogens is 484 g/mol. The zero-order valence-corrected chi connectivity index (χ0v) is 18.7. The summed E-state index contributed by atoms with van der Waals surface area (Å²) in [6, 6.07) is 0.639. The van der Waals surface area contributed by atoms with Gasteiger partial charge in [0.25, 0.3) is 0 Å². The second-order valence-corrected chi connectivity index (χ2v) is 10.9. The van der Waals surface area contributed by atoms with Crippen LogP contribution < -0.4 is 0 Å². The minimum absolute atomic E-state index is 0.0140. The van der Waals surface area contributed by atoms with Gasteiger partial charge in [0.1, 0.15) is 21.2 Å². The van der Waals surface area contributed by atoms with Gasteiger partial charge in [-0.25, -0.2) is 18.0 Å². The zero-order valence-electron chi connectivity index (χ0n) is 17.1. The molecule has 3 heterocycles. The SMILES string of the molecule is C[C@]1(C2=NOC(CCOC(=O)c3ccc(O)c(O)c3Cl)C2)[C@H](C(=O)O)N2C(=O)C[C@H]2S1(=O)=O. The van der Waals surface area contributed by atoms with Crippen molar-refractivity contribution in [3.63, 3.8) is 0 Å². The Morgan fingerprint density at radius 3 is 2.67 bits per heavy atom. The van der Waals surface area contributed by atoms with Crippen LogP contribution in [0.4, 0.5) is 0 Å². The van der Waals surface area contributed by atoms with Crippen molar-refractivity contribution in [2.75, 3.05) is 6.61 Å². The number of amides is 1. The summed E-state index contributed by atoms with van der Waals surface area (Å²) < 4.78 is 29.3. The van der Waals surface area contributed by atoms with E-state index in [1.807, 2.05) is 0 Å². The van der Waals surface area contributed by atoms with Crippen molar-refractivity contribution in [1.29, 1.82) is 0 Å². The van der Waals surface area contributed by atoms with Crippen LogP contribution in [0.25, 0.3) is 0 Å². The van der Waals surface area contributed by atoms with E-state index in [0.717, 1.165) is 11.0 Å². The number of benzene rings is 1. The highest BCUT2D eigenvalue weighted by Crippen LogP contribution is 2.48. The molecule has 1 aromatic carbocycles. The lowest BCUT2D eigenvalue weighted by molar-refractivity contribution is -0.156. The van der Waals surface area contributed by atoms with E-state index in [1.165, 1.54) is 13.0 Å². The van der Waals surface area contributed by atoms with Crippen molar-refractivity contribution in [2.45, 2.75) is 48.5 Å². The molecule has 1 amide bonds. The second kappa shape index (κ2) is 7.76. The van der Waals surface area contributed by atoms with Crippen molar-refractivity contribution in [3.8, 4) is 11.5 Å². The number of halogens is 1. The van der Waals surface area contributed by atoms with E-state index in [4.69, 9.17) is 21.2 Å². The first kappa shape index (κ1) is 23.1. The smallest absolute Gasteiger partial charge is 0.339 e. The Morgan fingerprint density at radius 2 is 2.03 bits per heavy atom. The molecule has 12 nitrogen and oxygen atoms in total. The number of carbonyl (C=O) groups excluding carboxylic acids is 2. The number of oxime groups is 1. The van der Waals surface area contributed by atoms with Crippen LogP contribution in [0.2, 0.25) is 5.02 Å². The van der Waals surface area contributed by atoms with Crippen molar-refractivity contribution in [3.05, 3.63) is 22.7 Å². The first-order valence-corrected chi connectivity index (χ1v) is 11.7. The normalized spacial score (nSPS) is 29.6. The van der Waals surface area contributed by atoms with Gasteiger partial charge in [-0.15, -0.1) is 0 Å². The van der Waals surface area contributed by atoms with Gasteiger partial charge in [-0.05, 0) is 19.1 Å². The highest BCUT2D eigenvalue weighted by molar-refractivity contribution is 7.94. The number of phenols is 2. The summed E-state index contributed by atoms with van der Waals surface area (Å²) in [6.45, 7) is 1.06. The fourth-order valence-electron chi connectivity index (χ4n) is 4.30. The van der Waals surface area contributed by atoms with E-state index < -0.39 is 61.4 Å². The van der Waals surface area contributed by atoms with Gasteiger partial charge in [0, 0.05) is 12.8 Å². The number of aromatic hydroxyl groups is 2. The largest absolute Gasteiger partial charge is 0.504 e. The quantitative estimate of drug-likeness (QED) is 0.283. The highest BCUT2D eigenvalue weighted by Gasteiger charge is 2.72. The van der Waals surface area contributed by atoms with E-state index in [2.05, 4.69) is 5.16 Å². The molecule has 14 heteroatoms. The van der Waals surface area contributed by atoms with Gasteiger partial charge in [-0.3, -0.25) is 4.79 Å². The molecule has 1 aromatic rings. The topological polar surface area (TPSA) is 180 Å². The van der Waals surface area contributed by atoms with Gasteiger partial charge in [-0.1, -0.05) is 16.8 Å². The molecule has 3 aliphatic heterocycles. The van der Waals surface area contributed by atoms with E-state index in [9.17, 15) is 38.1 Å². The summed E-state index contributed by atoms with van der Waals surface area (Å²) in [6.07, 6.45) is -0.903. The van der Waals surface area contributed by atoms with Crippen LogP contribution in [0.1, 0.15) is 36.5 Å². The molecule has 178 valence electrons. The standard InChI is InChI=1S/C19H19ClN2O10S/c1-19(16(17(26)27)22-12(24)7-13(22)33(19,29)30)11-6-8(32-21-11)4-5-31-18(28)9-2-3-10(23)15(25)14(9)20/h2-3,8,13,16,23,25H,4-7H2,1H3,(H,26,27)/t8?,13-,16+,19+/m1/s1. The van der Waals surface area contributed by atoms with Crippen molar-refractivity contribution in [1.82, 2.24) is 4.90 Å². The van der Waals surface area contributed by atoms with E-state index in [0.29, 0.717) is 0 Å². The second-order valence-electron chi connectivity index (χ2n) is 8.04. The number of ether oxygens (including phenoxy) is 1. The maximum absolute atomic E-state index is 13.1. The van der Waals surface area contributed by atoms with Gasteiger partial charge in [0.2, 0.25) is 5.91 Å². The van der Waals surface area contributed by atoms with Gasteiger partial charge in [-0.2, -0.15) is 0 Å². The monoisotopic (exact) mass is 502 g/mol. The van der Waals surface area contributed by atoms with Crippen molar-refractivity contribution in [2.24, 2.45) is 5.16 Å². The van der Waals surface area contributed by atoms with Crippen LogP contribution in [0, 0.1) is 0 Å². The first-order valence-electron chi connectivity index (χ1n) is 9.79. The summed E-state index contributed by atoms with van der Waals surface area (Å²) in [7, 11) is -4.07. The minimum Gasteiger partial charge on any atom is -0.504 e. The van der Waals surface area contributed by atoms with Crippen LogP contribution in [0.15, 0.2) is 17.3 Å². The summed E-state index contributed by atoms with van der Waals surface area (Å²) in [5.74, 6) is -4.03. The Morgan fingerprint density at radius 1 is 1.33 bits per heavy atom. The molecule has 4 atom stereocenters. The number of hydrogen-bond acceptors (Lipinski definition) is 10. The van der Waals surface area contributed by atoms with Gasteiger partial charge in [0.15, 0.2) is 27.4 Å². The number of hydrogen-bond donors (Lipinski definition) is 3. The third-order valence-electron chi connectivity index (χ3n) is 6.22. The summed E-state index contributed by atoms with van der Waals surface area (Å²) in [5.41, 5.74) is -0.181. The molecule has 0 aliphatic carbocycles. The van der Waals surface area contributed by atoms with Gasteiger partial charge >= 0.3 is 11.9 Å². The number of phenolic OH excluding ortho intramolecular Hbond substituents is 2. The summed E-state index contributed by atoms with van der Waals surface area (Å²) in [5, 5.41) is 30.9. The van der Waals surface area contributed by atoms with Crippen LogP contribution in [-0.4, -0.2) is 81.1 Å². The molecule has 2 fully saturated rings. The summed E-state index contributed by atoms with van der Waals surface area (Å²) in [4.78, 5) is 42.1. The molecule has 0 bridgehead atoms. The zero-order chi connectivity index (χ0) is 24.3. The van der Waals surface area contributed by atoms with Crippen molar-refractivity contribution >= 4 is 45.0 Å². The fourth-order valence-corrected chi connectivity index (χ4v) is 6.98. The first-order chi connectivity index (χ1) is 15.4. The number of aliphatic carboxylic acids is 1. The van der Waals surface area contributed by atoms with E-state index in [-0.39, 0.29) is 42.2 Å². The molecule has 2 saturated heterocycles. The summed E-state index contributed by atoms with van der Waals surface area (Å²) >= 11 is 5.82. The number of esters is 1. The Balaban J connectivity index is 1.41. The van der Waals surface area contributed by atoms with E-state index >= 15 is 0 Å². The Bertz CT molecular complexity index is 1200. The Kier molecular flexibility index (Phi) is 5.44. The minimum atomic E-state index is -4.07. The highest BCUT2D eigenvalue weighted by atomic mass is 35.5. The lowest BCUT2D eigenvalue weighted by Gasteiger charge is -2.35. The molecule has 0 saturated carbocycles. The number of carboxylic acids is 1. The molecule has 3 N–H and O–H groups in total. The van der Waals surface area contributed by atoms with Crippen molar-refractivity contribution < 1.29 is 47.7 Å². The van der Waals surface area contributed by atoms with Crippen LogP contribution in [-0.2, 0) is 29.0 Å². The number of β-lactam (4-membered cyclic amide) rings is 1. The molecule has 0 spiro atoms. The van der Waals surface area contributed by atoms with E-state index in [1.54, 1.807) is 0 Å². The predicted octanol–water partition coefficient (Wildman–Crippen LogP) is 0.642. The molecule has 0 aromatic heterocycles. The van der Waals surface area contributed by atoms with Gasteiger partial charge in [0.05, 0.1) is 24.3 Å². The third kappa shape index (κ3) is 3.29. The molecule has 3 aliphatic rings. The van der Waals surface area contributed by atoms with Crippen LogP contribution in [0.5, 0.6) is 11.5 Å². The number of nitrogens with zero attached hydrogens (tertiary/aromatic N) is 2. The van der Waals surface area contributed by atoms with Gasteiger partial charge < -0.3 is 29.8 Å². The lowest BCUT2D eigenvalue weighted by atomic mass is 9.89. The Labute approximate surface area is 192 Å². The molecule has 1 unspecified atom stereocenters. The maximum Gasteiger partial charge on any atom is 0.339 e. The number of carbonyl (C=O) groups is 3. The van der Waals surface area contributed by atoms with Crippen LogP contribution in [0.3, 0.4) is 0 Å². The maximum atomic E-state index is 13.1. The predicted molar refractivity (Wildman–Crippen MR) is 111 cm³/mol. The molecule has 4 rings (SSSR count). The third-order valence-corrected chi connectivity index (χ3v) is 9.36.